The molecule has 1 atom stereocenters. The maximum Gasteiger partial charge on any atom is 0.410 e. The van der Waals surface area contributed by atoms with Gasteiger partial charge in [0.2, 0.25) is 5.95 Å². The number of fused-ring (bicyclic) bond motifs is 1. The van der Waals surface area contributed by atoms with Gasteiger partial charge < -0.3 is 29.9 Å². The van der Waals surface area contributed by atoms with Gasteiger partial charge in [0, 0.05) is 76.0 Å². The van der Waals surface area contributed by atoms with E-state index < -0.39 is 5.60 Å². The van der Waals surface area contributed by atoms with Crippen LogP contribution in [-0.4, -0.2) is 91.4 Å². The van der Waals surface area contributed by atoms with Crippen molar-refractivity contribution in [1.82, 2.24) is 19.8 Å². The van der Waals surface area contributed by atoms with Gasteiger partial charge in [-0.1, -0.05) is 18.2 Å². The Balaban J connectivity index is 1.20. The largest absolute Gasteiger partial charge is 0.496 e. The summed E-state index contributed by atoms with van der Waals surface area (Å²) in [4.78, 5) is 28.7. The molecule has 0 aliphatic carbocycles. The Morgan fingerprint density at radius 3 is 2.51 bits per heavy atom. The molecule has 3 heterocycles. The number of carbonyl (C=O) groups excluding carboxylic acids is 1. The van der Waals surface area contributed by atoms with Crippen molar-refractivity contribution in [1.29, 1.82) is 0 Å². The predicted octanol–water partition coefficient (Wildman–Crippen LogP) is 5.45. The highest BCUT2D eigenvalue weighted by Gasteiger charge is 2.30. The fourth-order valence-corrected chi connectivity index (χ4v) is 5.97. The van der Waals surface area contributed by atoms with Crippen molar-refractivity contribution >= 4 is 34.4 Å². The third kappa shape index (κ3) is 7.79. The van der Waals surface area contributed by atoms with Crippen LogP contribution in [0.3, 0.4) is 0 Å². The molecule has 1 aromatic heterocycles. The fourth-order valence-electron chi connectivity index (χ4n) is 5.97. The third-order valence-electron chi connectivity index (χ3n) is 8.21. The molecule has 2 saturated heterocycles. The van der Waals surface area contributed by atoms with Gasteiger partial charge in [-0.25, -0.2) is 9.78 Å². The van der Waals surface area contributed by atoms with Crippen molar-refractivity contribution in [3.63, 3.8) is 0 Å². The molecule has 2 aliphatic rings. The SMILES string of the molecule is COc1cccc(N(C)C)c1CN1CCC(Nc2nc(NCC3CCN(C(=O)OC(C)(C)C)C3)nc3ccccc23)CC1. The molecule has 232 valence electrons. The molecule has 0 spiro atoms. The Kier molecular flexibility index (Phi) is 9.44. The van der Waals surface area contributed by atoms with Crippen molar-refractivity contribution in [2.24, 2.45) is 5.92 Å². The van der Waals surface area contributed by atoms with Crippen LogP contribution in [-0.2, 0) is 11.3 Å². The normalized spacial score (nSPS) is 18.1. The van der Waals surface area contributed by atoms with Crippen molar-refractivity contribution in [2.75, 3.05) is 69.5 Å². The summed E-state index contributed by atoms with van der Waals surface area (Å²) in [5, 5.41) is 8.24. The zero-order valence-electron chi connectivity index (χ0n) is 26.5. The van der Waals surface area contributed by atoms with E-state index in [1.54, 1.807) is 12.0 Å². The monoisotopic (exact) mass is 589 g/mol. The predicted molar refractivity (Wildman–Crippen MR) is 173 cm³/mol. The van der Waals surface area contributed by atoms with E-state index >= 15 is 0 Å². The number of rotatable bonds is 9. The number of anilines is 3. The lowest BCUT2D eigenvalue weighted by atomic mass is 10.0. The Bertz CT molecular complexity index is 1400. The fraction of sp³-hybridized carbons (Fsp3) is 0.545. The number of benzene rings is 2. The molecule has 3 aromatic rings. The molecule has 10 heteroatoms. The molecule has 1 amide bonds. The highest BCUT2D eigenvalue weighted by molar-refractivity contribution is 5.90. The number of para-hydroxylation sites is 1. The summed E-state index contributed by atoms with van der Waals surface area (Å²) in [5.74, 6) is 2.74. The lowest BCUT2D eigenvalue weighted by Gasteiger charge is -2.34. The third-order valence-corrected chi connectivity index (χ3v) is 8.21. The molecule has 2 fully saturated rings. The second kappa shape index (κ2) is 13.2. The van der Waals surface area contributed by atoms with Gasteiger partial charge in [-0.3, -0.25) is 4.90 Å². The number of nitrogens with one attached hydrogen (secondary N) is 2. The Morgan fingerprint density at radius 2 is 1.79 bits per heavy atom. The number of carbonyl (C=O) groups is 1. The number of hydrogen-bond donors (Lipinski definition) is 2. The van der Waals surface area contributed by atoms with Crippen LogP contribution in [0.4, 0.5) is 22.2 Å². The van der Waals surface area contributed by atoms with Gasteiger partial charge in [0.25, 0.3) is 0 Å². The van der Waals surface area contributed by atoms with Gasteiger partial charge in [-0.05, 0) is 70.2 Å². The maximum atomic E-state index is 12.5. The van der Waals surface area contributed by atoms with Gasteiger partial charge >= 0.3 is 6.09 Å². The first-order valence-corrected chi connectivity index (χ1v) is 15.4. The van der Waals surface area contributed by atoms with Gasteiger partial charge in [0.05, 0.1) is 12.6 Å². The van der Waals surface area contributed by atoms with Crippen LogP contribution in [0.15, 0.2) is 42.5 Å². The van der Waals surface area contributed by atoms with Crippen molar-refractivity contribution in [3.8, 4) is 5.75 Å². The van der Waals surface area contributed by atoms with E-state index in [-0.39, 0.29) is 6.09 Å². The summed E-state index contributed by atoms with van der Waals surface area (Å²) in [6.07, 6.45) is 2.73. The molecular formula is C33H47N7O3. The maximum absolute atomic E-state index is 12.5. The van der Waals surface area contributed by atoms with Crippen LogP contribution < -0.4 is 20.3 Å². The molecule has 0 bridgehead atoms. The van der Waals surface area contributed by atoms with E-state index in [2.05, 4.69) is 52.7 Å². The second-order valence-corrected chi connectivity index (χ2v) is 12.9. The number of nitrogens with zero attached hydrogens (tertiary/aromatic N) is 5. The Labute approximate surface area is 255 Å². The van der Waals surface area contributed by atoms with Crippen LogP contribution >= 0.6 is 0 Å². The summed E-state index contributed by atoms with van der Waals surface area (Å²) in [5.41, 5.74) is 2.85. The molecule has 2 aliphatic heterocycles. The zero-order chi connectivity index (χ0) is 30.6. The van der Waals surface area contributed by atoms with Crippen molar-refractivity contribution in [3.05, 3.63) is 48.0 Å². The standard InChI is InChI=1S/C33H47N7O3/c1-33(2,3)43-32(41)40-19-14-23(21-40)20-34-31-36-27-11-8-7-10-25(27)30(37-31)35-24-15-17-39(18-16-24)22-26-28(38(4)5)12-9-13-29(26)42-6/h7-13,23-24H,14-22H2,1-6H3,(H2,34,35,36,37). The molecule has 1 unspecified atom stereocenters. The number of aromatic nitrogens is 2. The van der Waals surface area contributed by atoms with E-state index in [0.29, 0.717) is 37.5 Å². The molecular weight excluding hydrogens is 542 g/mol. The van der Waals surface area contributed by atoms with Gasteiger partial charge in [-0.15, -0.1) is 0 Å². The highest BCUT2D eigenvalue weighted by Crippen LogP contribution is 2.31. The Morgan fingerprint density at radius 1 is 1.02 bits per heavy atom. The van der Waals surface area contributed by atoms with Crippen LogP contribution in [0.2, 0.25) is 0 Å². The van der Waals surface area contributed by atoms with E-state index in [1.165, 1.54) is 11.3 Å². The minimum absolute atomic E-state index is 0.240. The Hall–Kier alpha value is -3.79. The zero-order valence-corrected chi connectivity index (χ0v) is 26.5. The van der Waals surface area contributed by atoms with E-state index in [9.17, 15) is 4.79 Å². The molecule has 43 heavy (non-hydrogen) atoms. The number of piperidine rings is 1. The summed E-state index contributed by atoms with van der Waals surface area (Å²) in [6, 6.07) is 14.7. The molecule has 0 radical (unpaired) electrons. The van der Waals surface area contributed by atoms with Crippen LogP contribution in [0, 0.1) is 5.92 Å². The smallest absolute Gasteiger partial charge is 0.410 e. The summed E-state index contributed by atoms with van der Waals surface area (Å²) >= 11 is 0. The molecule has 5 rings (SSSR count). The average molecular weight is 590 g/mol. The highest BCUT2D eigenvalue weighted by atomic mass is 16.6. The molecule has 2 aromatic carbocycles. The first-order chi connectivity index (χ1) is 20.6. The van der Waals surface area contributed by atoms with Crippen LogP contribution in [0.25, 0.3) is 10.9 Å². The van der Waals surface area contributed by atoms with Crippen LogP contribution in [0.1, 0.15) is 45.6 Å². The topological polar surface area (TPSA) is 95.1 Å². The lowest BCUT2D eigenvalue weighted by Crippen LogP contribution is -2.39. The second-order valence-electron chi connectivity index (χ2n) is 12.9. The number of hydrogen-bond acceptors (Lipinski definition) is 9. The molecule has 2 N–H and O–H groups in total. The molecule has 10 nitrogen and oxygen atoms in total. The van der Waals surface area contributed by atoms with E-state index in [4.69, 9.17) is 19.4 Å². The van der Waals surface area contributed by atoms with E-state index in [1.807, 2.05) is 45.0 Å². The number of likely N-dealkylation sites (tertiary alicyclic amines) is 2. The van der Waals surface area contributed by atoms with Gasteiger partial charge in [0.1, 0.15) is 17.2 Å². The number of ether oxygens (including phenoxy) is 2. The lowest BCUT2D eigenvalue weighted by molar-refractivity contribution is 0.0289. The van der Waals surface area contributed by atoms with Gasteiger partial charge in [-0.2, -0.15) is 4.98 Å². The van der Waals surface area contributed by atoms with Crippen LogP contribution in [0.5, 0.6) is 5.75 Å². The van der Waals surface area contributed by atoms with E-state index in [0.717, 1.165) is 61.4 Å². The summed E-state index contributed by atoms with van der Waals surface area (Å²) < 4.78 is 11.3. The molecule has 0 saturated carbocycles. The van der Waals surface area contributed by atoms with Gasteiger partial charge in [0.15, 0.2) is 0 Å². The number of methoxy groups -OCH3 is 1. The summed E-state index contributed by atoms with van der Waals surface area (Å²) in [6.45, 7) is 10.6. The summed E-state index contributed by atoms with van der Waals surface area (Å²) in [7, 11) is 5.90. The first-order valence-electron chi connectivity index (χ1n) is 15.4. The number of amides is 1. The minimum atomic E-state index is -0.489. The van der Waals surface area contributed by atoms with Crippen molar-refractivity contribution in [2.45, 2.75) is 58.2 Å². The average Bonchev–Trinajstić information content (AvgIpc) is 3.46. The minimum Gasteiger partial charge on any atom is -0.496 e. The van der Waals surface area contributed by atoms with Crippen molar-refractivity contribution < 1.29 is 14.3 Å². The quantitative estimate of drug-likeness (QED) is 0.338. The first kappa shape index (κ1) is 30.7.